The van der Waals surface area contributed by atoms with Gasteiger partial charge >= 0.3 is 0 Å². The molecular weight excluding hydrogens is 269 g/mol. The minimum Gasteiger partial charge on any atom is -0.319 e. The van der Waals surface area contributed by atoms with E-state index in [-0.39, 0.29) is 5.91 Å². The summed E-state index contributed by atoms with van der Waals surface area (Å²) < 4.78 is 2.46. The Morgan fingerprint density at radius 1 is 1.56 bits per heavy atom. The number of hydrogen-bond acceptors (Lipinski definition) is 3. The maximum Gasteiger partial charge on any atom is 0.258 e. The van der Waals surface area contributed by atoms with Crippen LogP contribution in [0, 0.1) is 0 Å². The average Bonchev–Trinajstić information content (AvgIpc) is 2.73. The summed E-state index contributed by atoms with van der Waals surface area (Å²) in [6, 6.07) is 1.54. The SMILES string of the molecule is Cn1cc(NC(=O)c2cc(Cl)sc2Cl)cn1. The van der Waals surface area contributed by atoms with Crippen LogP contribution in [0.15, 0.2) is 18.5 Å². The molecule has 0 aliphatic heterocycles. The van der Waals surface area contributed by atoms with Gasteiger partial charge in [-0.25, -0.2) is 0 Å². The lowest BCUT2D eigenvalue weighted by Gasteiger charge is -1.99. The Morgan fingerprint density at radius 3 is 2.81 bits per heavy atom. The molecule has 0 unspecified atom stereocenters. The van der Waals surface area contributed by atoms with Gasteiger partial charge in [0.15, 0.2) is 0 Å². The van der Waals surface area contributed by atoms with Crippen molar-refractivity contribution in [3.05, 3.63) is 32.7 Å². The van der Waals surface area contributed by atoms with Crippen molar-refractivity contribution in [2.24, 2.45) is 7.05 Å². The van der Waals surface area contributed by atoms with Crippen LogP contribution in [-0.2, 0) is 7.05 Å². The molecular formula is C9H7Cl2N3OS. The molecule has 0 atom stereocenters. The Bertz CT molecular complexity index is 535. The standard InChI is InChI=1S/C9H7Cl2N3OS/c1-14-4-5(3-12-14)13-9(15)6-2-7(10)16-8(6)11/h2-4H,1H3,(H,13,15). The monoisotopic (exact) mass is 275 g/mol. The number of thiophene rings is 1. The molecule has 0 aliphatic rings. The first kappa shape index (κ1) is 11.4. The Morgan fingerprint density at radius 2 is 2.31 bits per heavy atom. The molecule has 0 spiro atoms. The van der Waals surface area contributed by atoms with Crippen LogP contribution < -0.4 is 5.32 Å². The minimum atomic E-state index is -0.291. The smallest absolute Gasteiger partial charge is 0.258 e. The summed E-state index contributed by atoms with van der Waals surface area (Å²) >= 11 is 12.8. The van der Waals surface area contributed by atoms with E-state index in [2.05, 4.69) is 10.4 Å². The Labute approximate surface area is 106 Å². The van der Waals surface area contributed by atoms with Crippen molar-refractivity contribution in [1.82, 2.24) is 9.78 Å². The predicted octanol–water partition coefficient (Wildman–Crippen LogP) is 3.04. The van der Waals surface area contributed by atoms with E-state index < -0.39 is 0 Å². The van der Waals surface area contributed by atoms with Crippen molar-refractivity contribution >= 4 is 46.1 Å². The minimum absolute atomic E-state index is 0.291. The van der Waals surface area contributed by atoms with E-state index in [0.717, 1.165) is 11.3 Å². The second-order valence-electron chi connectivity index (χ2n) is 3.09. The van der Waals surface area contributed by atoms with Crippen LogP contribution in [0.5, 0.6) is 0 Å². The molecule has 16 heavy (non-hydrogen) atoms. The van der Waals surface area contributed by atoms with E-state index in [9.17, 15) is 4.79 Å². The topological polar surface area (TPSA) is 46.9 Å². The number of nitrogens with zero attached hydrogens (tertiary/aromatic N) is 2. The maximum absolute atomic E-state index is 11.8. The zero-order chi connectivity index (χ0) is 11.7. The number of nitrogens with one attached hydrogen (secondary N) is 1. The summed E-state index contributed by atoms with van der Waals surface area (Å²) in [7, 11) is 1.77. The molecule has 0 aromatic carbocycles. The van der Waals surface area contributed by atoms with Gasteiger partial charge in [-0.2, -0.15) is 5.10 Å². The molecule has 0 radical (unpaired) electrons. The van der Waals surface area contributed by atoms with E-state index in [0.29, 0.717) is 19.9 Å². The third-order valence-corrected chi connectivity index (χ3v) is 3.35. The molecule has 1 amide bonds. The average molecular weight is 276 g/mol. The third kappa shape index (κ3) is 2.37. The number of rotatable bonds is 2. The van der Waals surface area contributed by atoms with Crippen LogP contribution in [-0.4, -0.2) is 15.7 Å². The normalized spacial score (nSPS) is 10.4. The van der Waals surface area contributed by atoms with Gasteiger partial charge in [0.1, 0.15) is 4.34 Å². The molecule has 1 N–H and O–H groups in total. The number of aromatic nitrogens is 2. The highest BCUT2D eigenvalue weighted by atomic mass is 35.5. The van der Waals surface area contributed by atoms with Gasteiger partial charge < -0.3 is 5.32 Å². The number of hydrogen-bond donors (Lipinski definition) is 1. The molecule has 2 aromatic heterocycles. The van der Waals surface area contributed by atoms with Crippen LogP contribution in [0.3, 0.4) is 0 Å². The lowest BCUT2D eigenvalue weighted by molar-refractivity contribution is 0.102. The summed E-state index contributed by atoms with van der Waals surface area (Å²) in [4.78, 5) is 11.8. The number of anilines is 1. The first-order valence-corrected chi connectivity index (χ1v) is 5.88. The highest BCUT2D eigenvalue weighted by molar-refractivity contribution is 7.20. The van der Waals surface area contributed by atoms with Gasteiger partial charge in [-0.1, -0.05) is 23.2 Å². The van der Waals surface area contributed by atoms with Gasteiger partial charge in [-0.3, -0.25) is 9.48 Å². The van der Waals surface area contributed by atoms with E-state index in [4.69, 9.17) is 23.2 Å². The van der Waals surface area contributed by atoms with Gasteiger partial charge in [0.2, 0.25) is 0 Å². The fraction of sp³-hybridized carbons (Fsp3) is 0.111. The second-order valence-corrected chi connectivity index (χ2v) is 5.38. The predicted molar refractivity (Wildman–Crippen MR) is 65.5 cm³/mol. The van der Waals surface area contributed by atoms with Crippen molar-refractivity contribution in [2.45, 2.75) is 0 Å². The zero-order valence-corrected chi connectivity index (χ0v) is 10.5. The first-order valence-electron chi connectivity index (χ1n) is 4.31. The highest BCUT2D eigenvalue weighted by Gasteiger charge is 2.14. The van der Waals surface area contributed by atoms with Crippen LogP contribution in [0.1, 0.15) is 10.4 Å². The fourth-order valence-electron chi connectivity index (χ4n) is 1.18. The third-order valence-electron chi connectivity index (χ3n) is 1.86. The van der Waals surface area contributed by atoms with Gasteiger partial charge in [-0.05, 0) is 6.07 Å². The van der Waals surface area contributed by atoms with E-state index >= 15 is 0 Å². The van der Waals surface area contributed by atoms with Crippen molar-refractivity contribution in [3.8, 4) is 0 Å². The molecule has 0 fully saturated rings. The van der Waals surface area contributed by atoms with Crippen LogP contribution >= 0.6 is 34.5 Å². The van der Waals surface area contributed by atoms with Gasteiger partial charge in [-0.15, -0.1) is 11.3 Å². The van der Waals surface area contributed by atoms with Crippen molar-refractivity contribution in [3.63, 3.8) is 0 Å². The number of carbonyl (C=O) groups is 1. The number of halogens is 2. The zero-order valence-electron chi connectivity index (χ0n) is 8.20. The van der Waals surface area contributed by atoms with Crippen LogP contribution in [0.2, 0.25) is 8.67 Å². The van der Waals surface area contributed by atoms with Crippen molar-refractivity contribution in [2.75, 3.05) is 5.32 Å². The molecule has 0 bridgehead atoms. The molecule has 2 heterocycles. The van der Waals surface area contributed by atoms with Gasteiger partial charge in [0.05, 0.1) is 21.8 Å². The molecule has 2 rings (SSSR count). The maximum atomic E-state index is 11.8. The number of aryl methyl sites for hydroxylation is 1. The van der Waals surface area contributed by atoms with Gasteiger partial charge in [0, 0.05) is 13.2 Å². The molecule has 0 saturated carbocycles. The largest absolute Gasteiger partial charge is 0.319 e. The molecule has 0 saturated heterocycles. The summed E-state index contributed by atoms with van der Waals surface area (Å²) in [5.74, 6) is -0.291. The summed E-state index contributed by atoms with van der Waals surface area (Å²) in [5, 5.41) is 6.61. The van der Waals surface area contributed by atoms with E-state index in [1.54, 1.807) is 30.2 Å². The van der Waals surface area contributed by atoms with Gasteiger partial charge in [0.25, 0.3) is 5.91 Å². The second kappa shape index (κ2) is 4.45. The molecule has 84 valence electrons. The lowest BCUT2D eigenvalue weighted by atomic mass is 10.3. The fourth-order valence-corrected chi connectivity index (χ4v) is 2.64. The van der Waals surface area contributed by atoms with E-state index in [1.165, 1.54) is 0 Å². The molecule has 7 heteroatoms. The quantitative estimate of drug-likeness (QED) is 0.916. The summed E-state index contributed by atoms with van der Waals surface area (Å²) in [6.07, 6.45) is 3.25. The molecule has 0 aliphatic carbocycles. The Balaban J connectivity index is 2.17. The molecule has 4 nitrogen and oxygen atoms in total. The molecule has 2 aromatic rings. The van der Waals surface area contributed by atoms with Crippen LogP contribution in [0.25, 0.3) is 0 Å². The summed E-state index contributed by atoms with van der Waals surface area (Å²) in [6.45, 7) is 0. The Kier molecular flexibility index (Phi) is 3.18. The van der Waals surface area contributed by atoms with Crippen molar-refractivity contribution < 1.29 is 4.79 Å². The van der Waals surface area contributed by atoms with Crippen molar-refractivity contribution in [1.29, 1.82) is 0 Å². The number of carbonyl (C=O) groups excluding carboxylic acids is 1. The lowest BCUT2D eigenvalue weighted by Crippen LogP contribution is -2.10. The number of amides is 1. The highest BCUT2D eigenvalue weighted by Crippen LogP contribution is 2.31. The van der Waals surface area contributed by atoms with Crippen LogP contribution in [0.4, 0.5) is 5.69 Å². The Hall–Kier alpha value is -1.04. The first-order chi connectivity index (χ1) is 7.56. The van der Waals surface area contributed by atoms with E-state index in [1.807, 2.05) is 0 Å². The summed E-state index contributed by atoms with van der Waals surface area (Å²) in [5.41, 5.74) is 0.992.